The number of esters is 1. The maximum atomic E-state index is 12.1. The van der Waals surface area contributed by atoms with Gasteiger partial charge in [-0.05, 0) is 36.8 Å². The fourth-order valence-electron chi connectivity index (χ4n) is 2.76. The zero-order valence-electron chi connectivity index (χ0n) is 14.6. The number of rotatable bonds is 4. The van der Waals surface area contributed by atoms with Crippen molar-refractivity contribution in [2.45, 2.75) is 13.5 Å². The number of hydrogen-bond acceptors (Lipinski definition) is 5. The molecular formula is C21H16N2O4. The molecule has 0 aliphatic heterocycles. The van der Waals surface area contributed by atoms with Crippen LogP contribution in [0.1, 0.15) is 17.0 Å². The third kappa shape index (κ3) is 3.64. The lowest BCUT2D eigenvalue weighted by atomic mass is 10.2. The van der Waals surface area contributed by atoms with Gasteiger partial charge in [-0.2, -0.15) is 0 Å². The molecule has 1 aromatic carbocycles. The van der Waals surface area contributed by atoms with Gasteiger partial charge in [0.25, 0.3) is 5.56 Å². The summed E-state index contributed by atoms with van der Waals surface area (Å²) in [6.45, 7) is 1.82. The summed E-state index contributed by atoms with van der Waals surface area (Å²) in [6.07, 6.45) is 4.55. The van der Waals surface area contributed by atoms with Crippen molar-refractivity contribution in [3.8, 4) is 0 Å². The predicted octanol–water partition coefficient (Wildman–Crippen LogP) is 3.51. The molecule has 0 unspecified atom stereocenters. The molecular weight excluding hydrogens is 344 g/mol. The van der Waals surface area contributed by atoms with Crippen LogP contribution >= 0.6 is 0 Å². The first kappa shape index (κ1) is 16.8. The van der Waals surface area contributed by atoms with E-state index in [2.05, 4.69) is 4.98 Å². The molecule has 0 N–H and O–H groups in total. The average molecular weight is 360 g/mol. The van der Waals surface area contributed by atoms with Crippen LogP contribution in [-0.2, 0) is 16.1 Å². The average Bonchev–Trinajstić information content (AvgIpc) is 3.08. The number of fused-ring (bicyclic) bond motifs is 2. The number of aromatic nitrogens is 2. The molecule has 0 radical (unpaired) electrons. The quantitative estimate of drug-likeness (QED) is 0.411. The van der Waals surface area contributed by atoms with Crippen molar-refractivity contribution in [2.75, 3.05) is 0 Å². The molecule has 0 saturated carbocycles. The zero-order chi connectivity index (χ0) is 18.8. The molecule has 134 valence electrons. The van der Waals surface area contributed by atoms with E-state index in [0.717, 1.165) is 16.5 Å². The molecule has 6 heteroatoms. The van der Waals surface area contributed by atoms with Gasteiger partial charge in [0, 0.05) is 23.7 Å². The zero-order valence-corrected chi connectivity index (χ0v) is 14.6. The second kappa shape index (κ2) is 6.92. The molecule has 4 rings (SSSR count). The summed E-state index contributed by atoms with van der Waals surface area (Å²) in [4.78, 5) is 28.4. The van der Waals surface area contributed by atoms with Gasteiger partial charge < -0.3 is 9.15 Å². The maximum absolute atomic E-state index is 12.1. The van der Waals surface area contributed by atoms with Gasteiger partial charge >= 0.3 is 5.97 Å². The molecule has 0 saturated heterocycles. The largest absolute Gasteiger partial charge is 0.457 e. The number of aryl methyl sites for hydroxylation is 1. The Morgan fingerprint density at radius 3 is 2.93 bits per heavy atom. The molecule has 0 fully saturated rings. The van der Waals surface area contributed by atoms with E-state index in [1.54, 1.807) is 18.3 Å². The van der Waals surface area contributed by atoms with Crippen LogP contribution in [0.25, 0.3) is 22.7 Å². The van der Waals surface area contributed by atoms with Crippen LogP contribution in [0.3, 0.4) is 0 Å². The standard InChI is InChI=1S/C21H16N2O4/c1-14-6-8-19-22-16(11-20(24)23(19)12-14)13-26-21(25)9-7-17-10-15-4-2-3-5-18(15)27-17/h2-12H,13H2,1H3/b9-7+. The first-order valence-corrected chi connectivity index (χ1v) is 8.41. The van der Waals surface area contributed by atoms with Crippen LogP contribution in [0.2, 0.25) is 0 Å². The van der Waals surface area contributed by atoms with Gasteiger partial charge in [0.1, 0.15) is 23.6 Å². The van der Waals surface area contributed by atoms with Crippen molar-refractivity contribution in [2.24, 2.45) is 0 Å². The molecule has 0 amide bonds. The van der Waals surface area contributed by atoms with Crippen molar-refractivity contribution < 1.29 is 13.9 Å². The summed E-state index contributed by atoms with van der Waals surface area (Å²) in [5, 5.41) is 0.960. The third-order valence-electron chi connectivity index (χ3n) is 4.05. The molecule has 0 aliphatic carbocycles. The monoisotopic (exact) mass is 360 g/mol. The Labute approximate surface area is 154 Å². The number of carbonyl (C=O) groups excluding carboxylic acids is 1. The lowest BCUT2D eigenvalue weighted by molar-refractivity contribution is -0.139. The van der Waals surface area contributed by atoms with E-state index in [-0.39, 0.29) is 12.2 Å². The van der Waals surface area contributed by atoms with Crippen LogP contribution in [-0.4, -0.2) is 15.4 Å². The Bertz CT molecular complexity index is 1200. The van der Waals surface area contributed by atoms with Crippen LogP contribution in [0.4, 0.5) is 0 Å². The fraction of sp³-hybridized carbons (Fsp3) is 0.0952. The van der Waals surface area contributed by atoms with Gasteiger partial charge in [-0.3, -0.25) is 9.20 Å². The highest BCUT2D eigenvalue weighted by Crippen LogP contribution is 2.19. The first-order valence-electron chi connectivity index (χ1n) is 8.41. The van der Waals surface area contributed by atoms with E-state index in [4.69, 9.17) is 9.15 Å². The van der Waals surface area contributed by atoms with Crippen molar-refractivity contribution >= 4 is 28.7 Å². The van der Waals surface area contributed by atoms with E-state index in [9.17, 15) is 9.59 Å². The number of nitrogens with zero attached hydrogens (tertiary/aromatic N) is 2. The molecule has 0 bridgehead atoms. The minimum atomic E-state index is -0.540. The molecule has 6 nitrogen and oxygen atoms in total. The number of pyridine rings is 1. The smallest absolute Gasteiger partial charge is 0.331 e. The van der Waals surface area contributed by atoms with E-state index in [0.29, 0.717) is 17.1 Å². The van der Waals surface area contributed by atoms with E-state index in [1.807, 2.05) is 43.3 Å². The highest BCUT2D eigenvalue weighted by atomic mass is 16.5. The van der Waals surface area contributed by atoms with Crippen LogP contribution in [0.15, 0.2) is 70.0 Å². The van der Waals surface area contributed by atoms with Gasteiger partial charge in [0.05, 0.1) is 5.69 Å². The number of furan rings is 1. The second-order valence-electron chi connectivity index (χ2n) is 6.15. The lowest BCUT2D eigenvalue weighted by Crippen LogP contribution is -2.16. The van der Waals surface area contributed by atoms with E-state index >= 15 is 0 Å². The third-order valence-corrected chi connectivity index (χ3v) is 4.05. The van der Waals surface area contributed by atoms with Crippen LogP contribution in [0, 0.1) is 6.92 Å². The number of carbonyl (C=O) groups is 1. The molecule has 0 atom stereocenters. The summed E-state index contributed by atoms with van der Waals surface area (Å²) in [6, 6.07) is 14.4. The van der Waals surface area contributed by atoms with E-state index < -0.39 is 5.97 Å². The summed E-state index contributed by atoms with van der Waals surface area (Å²) in [5.41, 5.74) is 2.40. The molecule has 3 aromatic heterocycles. The topological polar surface area (TPSA) is 73.8 Å². The highest BCUT2D eigenvalue weighted by molar-refractivity contribution is 5.88. The molecule has 3 heterocycles. The Balaban J connectivity index is 1.45. The summed E-state index contributed by atoms with van der Waals surface area (Å²) < 4.78 is 12.2. The molecule has 4 aromatic rings. The Hall–Kier alpha value is -3.67. The Morgan fingerprint density at radius 2 is 2.07 bits per heavy atom. The first-order chi connectivity index (χ1) is 13.1. The van der Waals surface area contributed by atoms with Crippen LogP contribution in [0.5, 0.6) is 0 Å². The number of hydrogen-bond donors (Lipinski definition) is 0. The summed E-state index contributed by atoms with van der Waals surface area (Å²) in [5.74, 6) is 0.0203. The van der Waals surface area contributed by atoms with Gasteiger partial charge in [-0.1, -0.05) is 24.3 Å². The number of para-hydroxylation sites is 1. The Morgan fingerprint density at radius 1 is 1.22 bits per heavy atom. The fourth-order valence-corrected chi connectivity index (χ4v) is 2.76. The minimum Gasteiger partial charge on any atom is -0.457 e. The normalized spacial score (nSPS) is 11.4. The summed E-state index contributed by atoms with van der Waals surface area (Å²) in [7, 11) is 0. The number of benzene rings is 1. The van der Waals surface area contributed by atoms with Gasteiger partial charge in [-0.25, -0.2) is 9.78 Å². The molecule has 0 aliphatic rings. The molecule has 27 heavy (non-hydrogen) atoms. The highest BCUT2D eigenvalue weighted by Gasteiger charge is 2.06. The van der Waals surface area contributed by atoms with Crippen molar-refractivity contribution in [3.63, 3.8) is 0 Å². The number of ether oxygens (including phenoxy) is 1. The summed E-state index contributed by atoms with van der Waals surface area (Å²) >= 11 is 0. The lowest BCUT2D eigenvalue weighted by Gasteiger charge is -2.05. The molecule has 0 spiro atoms. The predicted molar refractivity (Wildman–Crippen MR) is 101 cm³/mol. The SMILES string of the molecule is Cc1ccc2nc(COC(=O)/C=C/c3cc4ccccc4o3)cc(=O)n2c1. The maximum Gasteiger partial charge on any atom is 0.331 e. The van der Waals surface area contributed by atoms with Crippen molar-refractivity contribution in [1.29, 1.82) is 0 Å². The van der Waals surface area contributed by atoms with E-state index in [1.165, 1.54) is 16.5 Å². The van der Waals surface area contributed by atoms with Crippen molar-refractivity contribution in [1.82, 2.24) is 9.38 Å². The van der Waals surface area contributed by atoms with Crippen LogP contribution < -0.4 is 5.56 Å². The Kier molecular flexibility index (Phi) is 4.30. The van der Waals surface area contributed by atoms with Gasteiger partial charge in [0.2, 0.25) is 0 Å². The van der Waals surface area contributed by atoms with Crippen molar-refractivity contribution in [3.05, 3.63) is 88.2 Å². The second-order valence-corrected chi connectivity index (χ2v) is 6.15. The van der Waals surface area contributed by atoms with Gasteiger partial charge in [0.15, 0.2) is 0 Å². The van der Waals surface area contributed by atoms with Gasteiger partial charge in [-0.15, -0.1) is 0 Å². The minimum absolute atomic E-state index is 0.0804.